The lowest BCUT2D eigenvalue weighted by Gasteiger charge is -2.44. The molecule has 1 fully saturated rings. The van der Waals surface area contributed by atoms with Crippen LogP contribution in [0.25, 0.3) is 11.3 Å². The standard InChI is InChI=1S/C28H34F3N3O5S/c1-14(2)9-15-7-5-6-8-17(15)26(28(3,4)38)40-27-25(37)23(24(36)21(13-35)39-27)34-12-20(32-33-34)16-10-18(29)22(31)19(30)11-16/h5-8,10-12,14,21,23-27,35-38H,9,13H2,1-4H3/t21-,23+,24+,25-,26+,27+/m1/s1. The highest BCUT2D eigenvalue weighted by Crippen LogP contribution is 2.47. The molecule has 4 N–H and O–H groups in total. The van der Waals surface area contributed by atoms with E-state index in [0.29, 0.717) is 5.92 Å². The van der Waals surface area contributed by atoms with Crippen LogP contribution in [0.1, 0.15) is 50.1 Å². The molecule has 0 saturated carbocycles. The van der Waals surface area contributed by atoms with Crippen LogP contribution in [-0.4, -0.2) is 71.4 Å². The monoisotopic (exact) mass is 581 g/mol. The Bertz CT molecular complexity index is 1300. The van der Waals surface area contributed by atoms with Gasteiger partial charge in [-0.15, -0.1) is 16.9 Å². The number of aliphatic hydroxyl groups excluding tert-OH is 3. The second-order valence-corrected chi connectivity index (χ2v) is 12.2. The molecule has 0 radical (unpaired) electrons. The van der Waals surface area contributed by atoms with Gasteiger partial charge in [-0.2, -0.15) is 0 Å². The number of hydrogen-bond donors (Lipinski definition) is 4. The van der Waals surface area contributed by atoms with Gasteiger partial charge in [0.05, 0.1) is 23.7 Å². The molecule has 1 aromatic heterocycles. The minimum atomic E-state index is -1.62. The van der Waals surface area contributed by atoms with Crippen molar-refractivity contribution in [1.29, 1.82) is 0 Å². The molecule has 8 nitrogen and oxygen atoms in total. The first-order chi connectivity index (χ1) is 18.8. The number of benzene rings is 2. The van der Waals surface area contributed by atoms with Gasteiger partial charge in [0.25, 0.3) is 0 Å². The normalized spacial score (nSPS) is 24.4. The largest absolute Gasteiger partial charge is 0.394 e. The molecule has 12 heteroatoms. The van der Waals surface area contributed by atoms with Crippen LogP contribution in [0.2, 0.25) is 0 Å². The molecule has 0 amide bonds. The van der Waals surface area contributed by atoms with Crippen molar-refractivity contribution in [3.63, 3.8) is 0 Å². The molecule has 2 heterocycles. The maximum atomic E-state index is 13.8. The van der Waals surface area contributed by atoms with E-state index in [9.17, 15) is 33.6 Å². The van der Waals surface area contributed by atoms with Gasteiger partial charge in [0.2, 0.25) is 0 Å². The number of aromatic nitrogens is 3. The molecule has 0 spiro atoms. The van der Waals surface area contributed by atoms with Crippen LogP contribution in [0.15, 0.2) is 42.6 Å². The average molecular weight is 582 g/mol. The van der Waals surface area contributed by atoms with Crippen LogP contribution in [0.4, 0.5) is 13.2 Å². The number of ether oxygens (including phenoxy) is 1. The van der Waals surface area contributed by atoms with Crippen LogP contribution < -0.4 is 0 Å². The highest BCUT2D eigenvalue weighted by atomic mass is 32.2. The SMILES string of the molecule is CC(C)Cc1ccccc1[C@H](S[C@@H]1O[C@H](CO)[C@H](O)[C@H](n2cc(-c3cc(F)c(F)c(F)c3)nn2)[C@H]1O)C(C)(C)O. The molecular formula is C28H34F3N3O5S. The Labute approximate surface area is 234 Å². The third-order valence-corrected chi connectivity index (χ3v) is 8.58. The summed E-state index contributed by atoms with van der Waals surface area (Å²) in [5, 5.41) is 50.8. The zero-order valence-corrected chi connectivity index (χ0v) is 23.4. The lowest BCUT2D eigenvalue weighted by molar-refractivity contribution is -0.179. The summed E-state index contributed by atoms with van der Waals surface area (Å²) < 4.78 is 48.1. The summed E-state index contributed by atoms with van der Waals surface area (Å²) in [4.78, 5) is 0. The van der Waals surface area contributed by atoms with Crippen molar-refractivity contribution in [2.45, 2.75) is 74.8 Å². The molecular weight excluding hydrogens is 547 g/mol. The Morgan fingerprint density at radius 2 is 1.73 bits per heavy atom. The van der Waals surface area contributed by atoms with Crippen molar-refractivity contribution < 1.29 is 38.3 Å². The Morgan fingerprint density at radius 3 is 2.33 bits per heavy atom. The predicted molar refractivity (Wildman–Crippen MR) is 144 cm³/mol. The third-order valence-electron chi connectivity index (χ3n) is 6.82. The Hall–Kier alpha value is -2.48. The molecule has 0 aliphatic carbocycles. The van der Waals surface area contributed by atoms with Gasteiger partial charge in [0, 0.05) is 5.56 Å². The predicted octanol–water partition coefficient (Wildman–Crippen LogP) is 3.79. The molecule has 1 saturated heterocycles. The van der Waals surface area contributed by atoms with Crippen molar-refractivity contribution in [1.82, 2.24) is 15.0 Å². The van der Waals surface area contributed by atoms with Crippen molar-refractivity contribution in [3.05, 3.63) is 71.2 Å². The maximum Gasteiger partial charge on any atom is 0.194 e. The molecule has 1 aliphatic rings. The van der Waals surface area contributed by atoms with E-state index in [-0.39, 0.29) is 11.3 Å². The fraction of sp³-hybridized carbons (Fsp3) is 0.500. The molecule has 3 aromatic rings. The summed E-state index contributed by atoms with van der Waals surface area (Å²) in [5.74, 6) is -4.06. The van der Waals surface area contributed by atoms with Crippen molar-refractivity contribution in [3.8, 4) is 11.3 Å². The summed E-state index contributed by atoms with van der Waals surface area (Å²) in [5.41, 5.74) is -0.480. The highest BCUT2D eigenvalue weighted by molar-refractivity contribution is 8.00. The number of halogens is 3. The van der Waals surface area contributed by atoms with E-state index in [1.165, 1.54) is 6.20 Å². The first-order valence-corrected chi connectivity index (χ1v) is 13.9. The average Bonchev–Trinajstić information content (AvgIpc) is 3.36. The Balaban J connectivity index is 1.67. The lowest BCUT2D eigenvalue weighted by Crippen LogP contribution is -2.55. The van der Waals surface area contributed by atoms with Crippen LogP contribution in [0.5, 0.6) is 0 Å². The van der Waals surface area contributed by atoms with Gasteiger partial charge in [-0.25, -0.2) is 17.9 Å². The molecule has 218 valence electrons. The Morgan fingerprint density at radius 1 is 1.07 bits per heavy atom. The van der Waals surface area contributed by atoms with Crippen LogP contribution in [0, 0.1) is 23.4 Å². The van der Waals surface area contributed by atoms with E-state index in [4.69, 9.17) is 4.74 Å². The quantitative estimate of drug-likeness (QED) is 0.282. The first-order valence-electron chi connectivity index (χ1n) is 13.0. The van der Waals surface area contributed by atoms with Crippen molar-refractivity contribution in [2.24, 2.45) is 5.92 Å². The fourth-order valence-corrected chi connectivity index (χ4v) is 6.43. The van der Waals surface area contributed by atoms with Crippen LogP contribution >= 0.6 is 11.8 Å². The zero-order valence-electron chi connectivity index (χ0n) is 22.6. The van der Waals surface area contributed by atoms with Gasteiger partial charge in [0.15, 0.2) is 17.5 Å². The molecule has 4 rings (SSSR count). The van der Waals surface area contributed by atoms with Gasteiger partial charge < -0.3 is 25.2 Å². The van der Waals surface area contributed by atoms with E-state index in [2.05, 4.69) is 24.2 Å². The summed E-state index contributed by atoms with van der Waals surface area (Å²) in [6.45, 7) is 6.93. The highest BCUT2D eigenvalue weighted by Gasteiger charge is 2.48. The molecule has 0 unspecified atom stereocenters. The minimum Gasteiger partial charge on any atom is -0.394 e. The maximum absolute atomic E-state index is 13.8. The van der Waals surface area contributed by atoms with Crippen molar-refractivity contribution >= 4 is 11.8 Å². The second-order valence-electron chi connectivity index (χ2n) is 11.0. The van der Waals surface area contributed by atoms with E-state index in [1.54, 1.807) is 13.8 Å². The zero-order chi connectivity index (χ0) is 29.4. The van der Waals surface area contributed by atoms with Gasteiger partial charge in [-0.05, 0) is 49.4 Å². The first kappa shape index (κ1) is 30.5. The number of rotatable bonds is 9. The summed E-state index contributed by atoms with van der Waals surface area (Å²) in [6.07, 6.45) is -1.92. The van der Waals surface area contributed by atoms with Gasteiger partial charge in [0.1, 0.15) is 35.5 Å². The van der Waals surface area contributed by atoms with E-state index in [1.807, 2.05) is 24.3 Å². The van der Waals surface area contributed by atoms with Gasteiger partial charge in [-0.3, -0.25) is 0 Å². The molecule has 2 aromatic carbocycles. The van der Waals surface area contributed by atoms with Gasteiger partial charge >= 0.3 is 0 Å². The number of aliphatic hydroxyl groups is 4. The van der Waals surface area contributed by atoms with Gasteiger partial charge in [-0.1, -0.05) is 43.3 Å². The third kappa shape index (κ3) is 6.37. The van der Waals surface area contributed by atoms with Crippen LogP contribution in [-0.2, 0) is 11.2 Å². The molecule has 40 heavy (non-hydrogen) atoms. The van der Waals surface area contributed by atoms with E-state index in [0.717, 1.165) is 46.1 Å². The number of thioether (sulfide) groups is 1. The molecule has 1 aliphatic heterocycles. The van der Waals surface area contributed by atoms with Crippen LogP contribution in [0.3, 0.4) is 0 Å². The fourth-order valence-electron chi connectivity index (χ4n) is 4.92. The second kappa shape index (κ2) is 12.2. The molecule has 6 atom stereocenters. The van der Waals surface area contributed by atoms with Crippen molar-refractivity contribution in [2.75, 3.05) is 6.61 Å². The number of nitrogens with zero attached hydrogens (tertiary/aromatic N) is 3. The summed E-state index contributed by atoms with van der Waals surface area (Å²) in [6, 6.07) is 8.07. The Kier molecular flexibility index (Phi) is 9.28. The minimum absolute atomic E-state index is 0.0228. The van der Waals surface area contributed by atoms with E-state index < -0.39 is 64.7 Å². The molecule has 0 bridgehead atoms. The van der Waals surface area contributed by atoms with E-state index >= 15 is 0 Å². The lowest BCUT2D eigenvalue weighted by atomic mass is 9.90. The number of hydrogen-bond acceptors (Lipinski definition) is 8. The summed E-state index contributed by atoms with van der Waals surface area (Å²) >= 11 is 1.16. The topological polar surface area (TPSA) is 121 Å². The smallest absolute Gasteiger partial charge is 0.194 e. The summed E-state index contributed by atoms with van der Waals surface area (Å²) in [7, 11) is 0.